The van der Waals surface area contributed by atoms with E-state index in [4.69, 9.17) is 4.99 Å². The molecular formula is C16H30IN3. The first-order valence-corrected chi connectivity index (χ1v) is 8.27. The Morgan fingerprint density at radius 3 is 2.60 bits per heavy atom. The van der Waals surface area contributed by atoms with Crippen molar-refractivity contribution in [1.29, 1.82) is 0 Å². The van der Waals surface area contributed by atoms with Crippen molar-refractivity contribution in [2.75, 3.05) is 26.2 Å². The summed E-state index contributed by atoms with van der Waals surface area (Å²) in [5, 5.41) is 3.51. The molecule has 3 aliphatic rings. The van der Waals surface area contributed by atoms with Crippen molar-refractivity contribution < 1.29 is 0 Å². The van der Waals surface area contributed by atoms with E-state index in [9.17, 15) is 0 Å². The molecule has 0 aromatic heterocycles. The van der Waals surface area contributed by atoms with Crippen LogP contribution in [0.4, 0.5) is 0 Å². The molecule has 1 N–H and O–H groups in total. The van der Waals surface area contributed by atoms with Crippen molar-refractivity contribution in [1.82, 2.24) is 10.2 Å². The van der Waals surface area contributed by atoms with E-state index < -0.39 is 0 Å². The highest BCUT2D eigenvalue weighted by Crippen LogP contribution is 2.61. The van der Waals surface area contributed by atoms with Crippen molar-refractivity contribution in [3.8, 4) is 0 Å². The minimum atomic E-state index is 0. The summed E-state index contributed by atoms with van der Waals surface area (Å²) in [5.41, 5.74) is 0.627. The second kappa shape index (κ2) is 6.84. The highest BCUT2D eigenvalue weighted by Gasteiger charge is 2.53. The molecule has 1 aliphatic heterocycles. The van der Waals surface area contributed by atoms with Gasteiger partial charge in [-0.25, -0.2) is 0 Å². The molecule has 2 aliphatic carbocycles. The first-order chi connectivity index (χ1) is 9.23. The SMILES string of the molecule is CCNC(=NCC1(C2CC2)CC1)N1CCCC(C)C1.I. The zero-order valence-corrected chi connectivity index (χ0v) is 15.4. The summed E-state index contributed by atoms with van der Waals surface area (Å²) in [6.45, 7) is 8.97. The summed E-state index contributed by atoms with van der Waals surface area (Å²) in [6, 6.07) is 0. The van der Waals surface area contributed by atoms with Gasteiger partial charge in [-0.15, -0.1) is 24.0 Å². The number of halogens is 1. The van der Waals surface area contributed by atoms with Crippen LogP contribution in [0.5, 0.6) is 0 Å². The lowest BCUT2D eigenvalue weighted by Crippen LogP contribution is -2.46. The summed E-state index contributed by atoms with van der Waals surface area (Å²) in [7, 11) is 0. The molecule has 0 amide bonds. The maximum absolute atomic E-state index is 5.00. The lowest BCUT2D eigenvalue weighted by molar-refractivity contribution is 0.265. The quantitative estimate of drug-likeness (QED) is 0.451. The third kappa shape index (κ3) is 3.80. The van der Waals surface area contributed by atoms with E-state index in [1.165, 1.54) is 57.6 Å². The first kappa shape index (κ1) is 16.4. The van der Waals surface area contributed by atoms with Gasteiger partial charge in [0.1, 0.15) is 0 Å². The number of nitrogens with one attached hydrogen (secondary N) is 1. The van der Waals surface area contributed by atoms with Crippen LogP contribution in [0.1, 0.15) is 52.4 Å². The number of guanidine groups is 1. The van der Waals surface area contributed by atoms with Crippen molar-refractivity contribution >= 4 is 29.9 Å². The minimum Gasteiger partial charge on any atom is -0.357 e. The predicted octanol–water partition coefficient (Wildman–Crippen LogP) is 3.49. The third-order valence-electron chi connectivity index (χ3n) is 5.17. The third-order valence-corrected chi connectivity index (χ3v) is 5.17. The molecule has 2 saturated carbocycles. The molecule has 116 valence electrons. The van der Waals surface area contributed by atoms with Crippen LogP contribution in [0.2, 0.25) is 0 Å². The maximum Gasteiger partial charge on any atom is 0.193 e. The van der Waals surface area contributed by atoms with E-state index in [-0.39, 0.29) is 24.0 Å². The Labute approximate surface area is 141 Å². The molecule has 4 heteroatoms. The zero-order chi connectivity index (χ0) is 13.3. The highest BCUT2D eigenvalue weighted by molar-refractivity contribution is 14.0. The van der Waals surface area contributed by atoms with Gasteiger partial charge >= 0.3 is 0 Å². The number of aliphatic imine (C=N–C) groups is 1. The smallest absolute Gasteiger partial charge is 0.193 e. The average Bonchev–Trinajstić information content (AvgIpc) is 3.27. The van der Waals surface area contributed by atoms with E-state index in [0.29, 0.717) is 5.41 Å². The minimum absolute atomic E-state index is 0. The maximum atomic E-state index is 5.00. The van der Waals surface area contributed by atoms with Gasteiger partial charge in [-0.05, 0) is 62.7 Å². The Hall–Kier alpha value is 0. The molecule has 1 unspecified atom stereocenters. The van der Waals surface area contributed by atoms with Crippen molar-refractivity contribution in [2.45, 2.75) is 52.4 Å². The van der Waals surface area contributed by atoms with Gasteiger partial charge < -0.3 is 10.2 Å². The van der Waals surface area contributed by atoms with Crippen LogP contribution in [-0.4, -0.2) is 37.0 Å². The number of hydrogen-bond donors (Lipinski definition) is 1. The van der Waals surface area contributed by atoms with E-state index in [0.717, 1.165) is 24.9 Å². The van der Waals surface area contributed by atoms with E-state index in [1.807, 2.05) is 0 Å². The number of piperidine rings is 1. The van der Waals surface area contributed by atoms with Crippen molar-refractivity contribution in [3.63, 3.8) is 0 Å². The van der Waals surface area contributed by atoms with Crippen LogP contribution >= 0.6 is 24.0 Å². The first-order valence-electron chi connectivity index (χ1n) is 8.27. The van der Waals surface area contributed by atoms with Crippen LogP contribution in [-0.2, 0) is 0 Å². The Morgan fingerprint density at radius 2 is 2.05 bits per heavy atom. The molecule has 0 aromatic carbocycles. The average molecular weight is 391 g/mol. The van der Waals surface area contributed by atoms with E-state index in [1.54, 1.807) is 0 Å². The van der Waals surface area contributed by atoms with Gasteiger partial charge in [0.05, 0.1) is 0 Å². The van der Waals surface area contributed by atoms with Gasteiger partial charge in [0.15, 0.2) is 5.96 Å². The molecule has 3 fully saturated rings. The molecular weight excluding hydrogens is 361 g/mol. The fraction of sp³-hybridized carbons (Fsp3) is 0.938. The van der Waals surface area contributed by atoms with E-state index >= 15 is 0 Å². The Balaban J connectivity index is 0.00000147. The van der Waals surface area contributed by atoms with Crippen molar-refractivity contribution in [3.05, 3.63) is 0 Å². The Bertz CT molecular complexity index is 348. The van der Waals surface area contributed by atoms with Crippen LogP contribution < -0.4 is 5.32 Å². The van der Waals surface area contributed by atoms with Crippen LogP contribution in [0.25, 0.3) is 0 Å². The van der Waals surface area contributed by atoms with Gasteiger partial charge in [0, 0.05) is 26.2 Å². The van der Waals surface area contributed by atoms with Gasteiger partial charge in [0.25, 0.3) is 0 Å². The van der Waals surface area contributed by atoms with Gasteiger partial charge in [-0.1, -0.05) is 6.92 Å². The number of rotatable bonds is 4. The lowest BCUT2D eigenvalue weighted by atomic mass is 10.0. The summed E-state index contributed by atoms with van der Waals surface area (Å²) in [5.74, 6) is 3.01. The molecule has 3 rings (SSSR count). The topological polar surface area (TPSA) is 27.6 Å². The summed E-state index contributed by atoms with van der Waals surface area (Å²) >= 11 is 0. The van der Waals surface area contributed by atoms with Crippen LogP contribution in [0, 0.1) is 17.3 Å². The summed E-state index contributed by atoms with van der Waals surface area (Å²) in [4.78, 5) is 7.49. The van der Waals surface area contributed by atoms with Gasteiger partial charge in [-0.3, -0.25) is 4.99 Å². The normalized spacial score (nSPS) is 28.8. The summed E-state index contributed by atoms with van der Waals surface area (Å²) in [6.07, 6.45) is 8.48. The molecule has 3 nitrogen and oxygen atoms in total. The lowest BCUT2D eigenvalue weighted by Gasteiger charge is -2.33. The van der Waals surface area contributed by atoms with Crippen molar-refractivity contribution in [2.24, 2.45) is 22.2 Å². The van der Waals surface area contributed by atoms with Crippen LogP contribution in [0.3, 0.4) is 0 Å². The molecule has 0 radical (unpaired) electrons. The number of likely N-dealkylation sites (tertiary alicyclic amines) is 1. The molecule has 0 spiro atoms. The molecule has 20 heavy (non-hydrogen) atoms. The fourth-order valence-corrected chi connectivity index (χ4v) is 3.59. The number of hydrogen-bond acceptors (Lipinski definition) is 1. The predicted molar refractivity (Wildman–Crippen MR) is 95.8 cm³/mol. The Kier molecular flexibility index (Phi) is 5.60. The largest absolute Gasteiger partial charge is 0.357 e. The summed E-state index contributed by atoms with van der Waals surface area (Å²) < 4.78 is 0. The molecule has 1 heterocycles. The molecule has 0 aromatic rings. The molecule has 1 atom stereocenters. The van der Waals surface area contributed by atoms with E-state index in [2.05, 4.69) is 24.1 Å². The second-order valence-electron chi connectivity index (χ2n) is 7.00. The standard InChI is InChI=1S/C16H29N3.HI/c1-3-17-15(19-10-4-5-13(2)11-19)18-12-16(8-9-16)14-6-7-14;/h13-14H,3-12H2,1-2H3,(H,17,18);1H. The molecule has 0 bridgehead atoms. The van der Waals surface area contributed by atoms with Gasteiger partial charge in [-0.2, -0.15) is 0 Å². The monoisotopic (exact) mass is 391 g/mol. The fourth-order valence-electron chi connectivity index (χ4n) is 3.59. The molecule has 1 saturated heterocycles. The Morgan fingerprint density at radius 1 is 1.30 bits per heavy atom. The van der Waals surface area contributed by atoms with Crippen LogP contribution in [0.15, 0.2) is 4.99 Å². The second-order valence-corrected chi connectivity index (χ2v) is 7.00. The van der Waals surface area contributed by atoms with Gasteiger partial charge in [0.2, 0.25) is 0 Å². The zero-order valence-electron chi connectivity index (χ0n) is 13.0. The highest BCUT2D eigenvalue weighted by atomic mass is 127. The number of nitrogens with zero attached hydrogens (tertiary/aromatic N) is 2.